The van der Waals surface area contributed by atoms with Gasteiger partial charge in [-0.1, -0.05) is 0 Å². The van der Waals surface area contributed by atoms with Gasteiger partial charge in [0.15, 0.2) is 0 Å². The lowest BCUT2D eigenvalue weighted by atomic mass is 9.96. The molecular weight excluding hydrogens is 414 g/mol. The Labute approximate surface area is 184 Å². The van der Waals surface area contributed by atoms with E-state index in [1.165, 1.54) is 5.56 Å². The summed E-state index contributed by atoms with van der Waals surface area (Å²) in [5, 5.41) is 3.23. The van der Waals surface area contributed by atoms with Crippen LogP contribution in [0.1, 0.15) is 41.4 Å². The lowest BCUT2D eigenvalue weighted by Crippen LogP contribution is -2.38. The Morgan fingerprint density at radius 3 is 2.55 bits per heavy atom. The summed E-state index contributed by atoms with van der Waals surface area (Å²) in [5.74, 6) is 2.59. The van der Waals surface area contributed by atoms with Crippen LogP contribution in [0.15, 0.2) is 23.1 Å². The van der Waals surface area contributed by atoms with Gasteiger partial charge in [0, 0.05) is 44.7 Å². The monoisotopic (exact) mass is 445 g/mol. The molecule has 3 heterocycles. The first kappa shape index (κ1) is 22.0. The number of ether oxygens (including phenoxy) is 1. The molecule has 0 spiro atoms. The quantitative estimate of drug-likeness (QED) is 0.756. The van der Waals surface area contributed by atoms with Gasteiger partial charge in [-0.2, -0.15) is 4.31 Å². The highest BCUT2D eigenvalue weighted by Crippen LogP contribution is 2.32. The summed E-state index contributed by atoms with van der Waals surface area (Å²) >= 11 is 0. The fraction of sp³-hybridized carbons (Fsp3) is 0.545. The summed E-state index contributed by atoms with van der Waals surface area (Å²) in [4.78, 5) is 12.3. The Balaban J connectivity index is 1.51. The second-order valence-corrected chi connectivity index (χ2v) is 10.3. The molecule has 1 saturated heterocycles. The molecule has 2 aromatic rings. The van der Waals surface area contributed by atoms with Crippen LogP contribution in [0.5, 0.6) is 5.75 Å². The number of nitrogens with one attached hydrogen (secondary N) is 1. The number of likely N-dealkylation sites (N-methyl/N-ethyl adjacent to an activating group) is 1. The fourth-order valence-electron chi connectivity index (χ4n) is 4.48. The van der Waals surface area contributed by atoms with E-state index in [1.807, 2.05) is 14.0 Å². The van der Waals surface area contributed by atoms with Crippen molar-refractivity contribution in [2.24, 2.45) is 0 Å². The lowest BCUT2D eigenvalue weighted by molar-refractivity contribution is 0.299. The molecule has 9 heteroatoms. The van der Waals surface area contributed by atoms with Crippen LogP contribution in [0.4, 0.5) is 5.82 Å². The molecule has 2 aliphatic heterocycles. The number of fused-ring (bicyclic) bond motifs is 1. The summed E-state index contributed by atoms with van der Waals surface area (Å²) in [7, 11) is 2.06. The largest absolute Gasteiger partial charge is 0.496 e. The van der Waals surface area contributed by atoms with Gasteiger partial charge < -0.3 is 15.0 Å². The number of anilines is 1. The number of hydrogen-bond acceptors (Lipinski definition) is 7. The molecule has 1 aromatic carbocycles. The van der Waals surface area contributed by atoms with Crippen molar-refractivity contribution in [3.8, 4) is 5.75 Å². The SMILES string of the molecule is CNc1nc(C2CCN(S(=O)(=O)c3ccc(OC)c(C)c3)CC2)nc2c1CCN(C)C2. The van der Waals surface area contributed by atoms with E-state index in [-0.39, 0.29) is 5.92 Å². The number of aryl methyl sites for hydroxylation is 1. The molecule has 0 unspecified atom stereocenters. The minimum absolute atomic E-state index is 0.161. The normalized spacial score (nSPS) is 18.6. The Bertz CT molecular complexity index is 1070. The number of sulfonamides is 1. The van der Waals surface area contributed by atoms with Crippen LogP contribution < -0.4 is 10.1 Å². The minimum atomic E-state index is -3.53. The molecule has 1 fully saturated rings. The molecule has 1 aromatic heterocycles. The van der Waals surface area contributed by atoms with E-state index in [2.05, 4.69) is 17.3 Å². The fourth-order valence-corrected chi connectivity index (χ4v) is 6.04. The third-order valence-electron chi connectivity index (χ3n) is 6.33. The van der Waals surface area contributed by atoms with Crippen LogP contribution in [0.25, 0.3) is 0 Å². The van der Waals surface area contributed by atoms with E-state index in [0.717, 1.165) is 42.4 Å². The number of rotatable bonds is 5. The van der Waals surface area contributed by atoms with Crippen molar-refractivity contribution in [1.29, 1.82) is 0 Å². The predicted molar refractivity (Wildman–Crippen MR) is 120 cm³/mol. The number of piperidine rings is 1. The third kappa shape index (κ3) is 4.26. The van der Waals surface area contributed by atoms with Crippen molar-refractivity contribution in [3.63, 3.8) is 0 Å². The number of benzene rings is 1. The van der Waals surface area contributed by atoms with Gasteiger partial charge in [0.05, 0.1) is 17.7 Å². The molecule has 31 heavy (non-hydrogen) atoms. The number of aromatic nitrogens is 2. The van der Waals surface area contributed by atoms with Crippen molar-refractivity contribution in [1.82, 2.24) is 19.2 Å². The van der Waals surface area contributed by atoms with Gasteiger partial charge in [0.25, 0.3) is 0 Å². The zero-order chi connectivity index (χ0) is 22.2. The molecule has 0 amide bonds. The number of nitrogens with zero attached hydrogens (tertiary/aromatic N) is 4. The Morgan fingerprint density at radius 2 is 1.90 bits per heavy atom. The molecular formula is C22H31N5O3S. The smallest absolute Gasteiger partial charge is 0.243 e. The Kier molecular flexibility index (Phi) is 6.18. The second-order valence-electron chi connectivity index (χ2n) is 8.40. The second kappa shape index (κ2) is 8.72. The topological polar surface area (TPSA) is 87.7 Å². The van der Waals surface area contributed by atoms with Crippen molar-refractivity contribution in [2.75, 3.05) is 46.2 Å². The number of hydrogen-bond donors (Lipinski definition) is 1. The van der Waals surface area contributed by atoms with Crippen LogP contribution in [0.3, 0.4) is 0 Å². The summed E-state index contributed by atoms with van der Waals surface area (Å²) in [6, 6.07) is 5.02. The molecule has 0 saturated carbocycles. The highest BCUT2D eigenvalue weighted by Gasteiger charge is 2.32. The van der Waals surface area contributed by atoms with Crippen LogP contribution in [0.2, 0.25) is 0 Å². The number of methoxy groups -OCH3 is 1. The van der Waals surface area contributed by atoms with Crippen molar-refractivity contribution >= 4 is 15.8 Å². The zero-order valence-corrected chi connectivity index (χ0v) is 19.5. The minimum Gasteiger partial charge on any atom is -0.496 e. The highest BCUT2D eigenvalue weighted by molar-refractivity contribution is 7.89. The summed E-state index contributed by atoms with van der Waals surface area (Å²) < 4.78 is 33.1. The van der Waals surface area contributed by atoms with E-state index in [0.29, 0.717) is 36.6 Å². The molecule has 168 valence electrons. The first-order valence-electron chi connectivity index (χ1n) is 10.7. The molecule has 0 bridgehead atoms. The molecule has 0 radical (unpaired) electrons. The van der Waals surface area contributed by atoms with Crippen molar-refractivity contribution < 1.29 is 13.2 Å². The maximum absolute atomic E-state index is 13.1. The van der Waals surface area contributed by atoms with Gasteiger partial charge in [0.1, 0.15) is 17.4 Å². The van der Waals surface area contributed by atoms with E-state index >= 15 is 0 Å². The van der Waals surface area contributed by atoms with Gasteiger partial charge in [-0.3, -0.25) is 0 Å². The van der Waals surface area contributed by atoms with Crippen LogP contribution in [-0.4, -0.2) is 68.4 Å². The van der Waals surface area contributed by atoms with E-state index in [4.69, 9.17) is 14.7 Å². The molecule has 0 aliphatic carbocycles. The van der Waals surface area contributed by atoms with Gasteiger partial charge >= 0.3 is 0 Å². The van der Waals surface area contributed by atoms with Gasteiger partial charge in [-0.25, -0.2) is 18.4 Å². The van der Waals surface area contributed by atoms with Crippen LogP contribution >= 0.6 is 0 Å². The van der Waals surface area contributed by atoms with Gasteiger partial charge in [-0.05, 0) is 57.0 Å². The van der Waals surface area contributed by atoms with E-state index in [9.17, 15) is 8.42 Å². The van der Waals surface area contributed by atoms with Gasteiger partial charge in [0.2, 0.25) is 10.0 Å². The van der Waals surface area contributed by atoms with E-state index < -0.39 is 10.0 Å². The van der Waals surface area contributed by atoms with Crippen LogP contribution in [-0.2, 0) is 23.0 Å². The maximum atomic E-state index is 13.1. The first-order chi connectivity index (χ1) is 14.8. The summed E-state index contributed by atoms with van der Waals surface area (Å²) in [6.45, 7) is 4.62. The standard InChI is InChI=1S/C22H31N5O3S/c1-15-13-17(5-6-20(15)30-4)31(28,29)27-11-7-16(8-12-27)21-24-19-14-26(3)10-9-18(19)22(23-2)25-21/h5-6,13,16H,7-12,14H2,1-4H3,(H,23,24,25). The molecule has 8 nitrogen and oxygen atoms in total. The predicted octanol–water partition coefficient (Wildman–Crippen LogP) is 2.39. The Morgan fingerprint density at radius 1 is 1.16 bits per heavy atom. The molecule has 1 N–H and O–H groups in total. The van der Waals surface area contributed by atoms with Crippen molar-refractivity contribution in [3.05, 3.63) is 40.8 Å². The zero-order valence-electron chi connectivity index (χ0n) is 18.7. The highest BCUT2D eigenvalue weighted by atomic mass is 32.2. The Hall–Kier alpha value is -2.23. The summed E-state index contributed by atoms with van der Waals surface area (Å²) in [5.41, 5.74) is 3.11. The molecule has 2 aliphatic rings. The average Bonchev–Trinajstić information content (AvgIpc) is 2.78. The summed E-state index contributed by atoms with van der Waals surface area (Å²) in [6.07, 6.45) is 2.37. The molecule has 0 atom stereocenters. The first-order valence-corrected chi connectivity index (χ1v) is 12.2. The molecule has 4 rings (SSSR count). The third-order valence-corrected chi connectivity index (χ3v) is 8.23. The lowest BCUT2D eigenvalue weighted by Gasteiger charge is -2.32. The maximum Gasteiger partial charge on any atom is 0.243 e. The van der Waals surface area contributed by atoms with Gasteiger partial charge in [-0.15, -0.1) is 0 Å². The van der Waals surface area contributed by atoms with E-state index in [1.54, 1.807) is 29.6 Å². The van der Waals surface area contributed by atoms with Crippen molar-refractivity contribution in [2.45, 2.75) is 43.5 Å². The van der Waals surface area contributed by atoms with Crippen LogP contribution in [0, 0.1) is 6.92 Å². The average molecular weight is 446 g/mol.